The molecule has 4 rings (SSSR count). The molecule has 0 bridgehead atoms. The Kier molecular flexibility index (Phi) is 7.37. The van der Waals surface area contributed by atoms with Crippen molar-refractivity contribution in [2.75, 3.05) is 40.0 Å². The molecule has 2 heterocycles. The third-order valence-corrected chi connectivity index (χ3v) is 6.26. The molecule has 0 aliphatic carbocycles. The van der Waals surface area contributed by atoms with Gasteiger partial charge < -0.3 is 24.0 Å². The molecule has 2 aliphatic rings. The van der Waals surface area contributed by atoms with E-state index in [0.717, 1.165) is 43.7 Å². The van der Waals surface area contributed by atoms with Crippen LogP contribution in [0.15, 0.2) is 36.4 Å². The summed E-state index contributed by atoms with van der Waals surface area (Å²) in [5.74, 6) is 1.68. The third kappa shape index (κ3) is 5.41. The second-order valence-corrected chi connectivity index (χ2v) is 8.44. The monoisotopic (exact) mass is 452 g/mol. The summed E-state index contributed by atoms with van der Waals surface area (Å²) in [5, 5.41) is 0. The van der Waals surface area contributed by atoms with Crippen molar-refractivity contribution in [1.29, 1.82) is 0 Å². The minimum absolute atomic E-state index is 0.0142. The van der Waals surface area contributed by atoms with Gasteiger partial charge in [0.1, 0.15) is 5.75 Å². The van der Waals surface area contributed by atoms with Gasteiger partial charge in [0.15, 0.2) is 18.1 Å². The number of nitrogens with zero attached hydrogens (tertiary/aromatic N) is 2. The molecule has 2 aromatic carbocycles. The highest BCUT2D eigenvalue weighted by Gasteiger charge is 2.24. The average molecular weight is 453 g/mol. The molecular formula is C26H32N2O5. The summed E-state index contributed by atoms with van der Waals surface area (Å²) < 4.78 is 16.9. The molecule has 2 amide bonds. The van der Waals surface area contributed by atoms with Gasteiger partial charge in [0, 0.05) is 31.7 Å². The van der Waals surface area contributed by atoms with E-state index in [0.29, 0.717) is 36.8 Å². The molecule has 2 aromatic rings. The zero-order valence-corrected chi connectivity index (χ0v) is 19.5. The number of piperidine rings is 1. The molecule has 7 heteroatoms. The van der Waals surface area contributed by atoms with Crippen molar-refractivity contribution in [3.63, 3.8) is 0 Å². The topological polar surface area (TPSA) is 68.3 Å². The largest absolute Gasteiger partial charge is 0.497 e. The minimum Gasteiger partial charge on any atom is -0.497 e. The smallest absolute Gasteiger partial charge is 0.260 e. The summed E-state index contributed by atoms with van der Waals surface area (Å²) in [6, 6.07) is 11.2. The number of carbonyl (C=O) groups is 2. The van der Waals surface area contributed by atoms with E-state index < -0.39 is 0 Å². The standard InChI is InChI=1S/C26H32N2O5/c1-3-32-24-16-20(8-10-23(24)33-18-25(29)27-12-5-4-6-13-27)26(30)28-14-11-19-7-9-22(31-2)15-21(19)17-28/h7-10,15-16H,3-6,11-14,17-18H2,1-2H3. The molecule has 0 aromatic heterocycles. The Morgan fingerprint density at radius 3 is 2.45 bits per heavy atom. The lowest BCUT2D eigenvalue weighted by Gasteiger charge is -2.29. The number of hydrogen-bond donors (Lipinski definition) is 0. The van der Waals surface area contributed by atoms with Crippen LogP contribution >= 0.6 is 0 Å². The van der Waals surface area contributed by atoms with E-state index in [1.54, 1.807) is 25.3 Å². The number of methoxy groups -OCH3 is 1. The molecule has 176 valence electrons. The SMILES string of the molecule is CCOc1cc(C(=O)N2CCc3ccc(OC)cc3C2)ccc1OCC(=O)N1CCCCC1. The van der Waals surface area contributed by atoms with E-state index in [9.17, 15) is 9.59 Å². The molecule has 0 atom stereocenters. The fourth-order valence-electron chi connectivity index (χ4n) is 4.42. The van der Waals surface area contributed by atoms with Gasteiger partial charge in [-0.15, -0.1) is 0 Å². The quantitative estimate of drug-likeness (QED) is 0.641. The van der Waals surface area contributed by atoms with Crippen LogP contribution < -0.4 is 14.2 Å². The van der Waals surface area contributed by atoms with Crippen molar-refractivity contribution in [3.05, 3.63) is 53.1 Å². The molecule has 0 N–H and O–H groups in total. The number of benzene rings is 2. The van der Waals surface area contributed by atoms with Crippen molar-refractivity contribution in [2.24, 2.45) is 0 Å². The maximum absolute atomic E-state index is 13.2. The first-order chi connectivity index (χ1) is 16.1. The number of hydrogen-bond acceptors (Lipinski definition) is 5. The highest BCUT2D eigenvalue weighted by molar-refractivity contribution is 5.95. The van der Waals surface area contributed by atoms with Gasteiger partial charge in [0.2, 0.25) is 0 Å². The van der Waals surface area contributed by atoms with E-state index in [-0.39, 0.29) is 18.4 Å². The highest BCUT2D eigenvalue weighted by atomic mass is 16.5. The van der Waals surface area contributed by atoms with Crippen molar-refractivity contribution >= 4 is 11.8 Å². The summed E-state index contributed by atoms with van der Waals surface area (Å²) >= 11 is 0. The van der Waals surface area contributed by atoms with Crippen LogP contribution in [0.4, 0.5) is 0 Å². The average Bonchev–Trinajstić information content (AvgIpc) is 2.87. The first-order valence-electron chi connectivity index (χ1n) is 11.7. The van der Waals surface area contributed by atoms with Crippen LogP contribution in [0.3, 0.4) is 0 Å². The lowest BCUT2D eigenvalue weighted by atomic mass is 9.98. The molecule has 0 spiro atoms. The van der Waals surface area contributed by atoms with E-state index in [2.05, 4.69) is 6.07 Å². The molecule has 33 heavy (non-hydrogen) atoms. The fraction of sp³-hybridized carbons (Fsp3) is 0.462. The van der Waals surface area contributed by atoms with E-state index in [1.807, 2.05) is 28.9 Å². The third-order valence-electron chi connectivity index (χ3n) is 6.26. The van der Waals surface area contributed by atoms with Crippen molar-refractivity contribution in [3.8, 4) is 17.2 Å². The van der Waals surface area contributed by atoms with E-state index in [4.69, 9.17) is 14.2 Å². The molecule has 0 radical (unpaired) electrons. The maximum Gasteiger partial charge on any atom is 0.260 e. The summed E-state index contributed by atoms with van der Waals surface area (Å²) in [7, 11) is 1.65. The van der Waals surface area contributed by atoms with Crippen LogP contribution in [0, 0.1) is 0 Å². The van der Waals surface area contributed by atoms with Crippen LogP contribution in [0.25, 0.3) is 0 Å². The number of amides is 2. The van der Waals surface area contributed by atoms with Crippen LogP contribution in [0.2, 0.25) is 0 Å². The number of rotatable bonds is 7. The number of fused-ring (bicyclic) bond motifs is 1. The first kappa shape index (κ1) is 23.0. The highest BCUT2D eigenvalue weighted by Crippen LogP contribution is 2.30. The summed E-state index contributed by atoms with van der Waals surface area (Å²) in [4.78, 5) is 29.4. The van der Waals surface area contributed by atoms with Crippen LogP contribution in [-0.2, 0) is 17.8 Å². The minimum atomic E-state index is -0.0552. The number of likely N-dealkylation sites (tertiary alicyclic amines) is 1. The lowest BCUT2D eigenvalue weighted by Crippen LogP contribution is -2.38. The lowest BCUT2D eigenvalue weighted by molar-refractivity contribution is -0.134. The fourth-order valence-corrected chi connectivity index (χ4v) is 4.42. The summed E-state index contributed by atoms with van der Waals surface area (Å²) in [6.07, 6.45) is 4.06. The second kappa shape index (κ2) is 10.6. The van der Waals surface area contributed by atoms with Crippen LogP contribution in [0.1, 0.15) is 47.7 Å². The molecule has 0 unspecified atom stereocenters. The van der Waals surface area contributed by atoms with Gasteiger partial charge in [-0.1, -0.05) is 6.07 Å². The Balaban J connectivity index is 1.45. The molecule has 2 aliphatic heterocycles. The van der Waals surface area contributed by atoms with Crippen molar-refractivity contribution in [1.82, 2.24) is 9.80 Å². The Bertz CT molecular complexity index is 1000. The van der Waals surface area contributed by atoms with Crippen molar-refractivity contribution < 1.29 is 23.8 Å². The predicted molar refractivity (Wildman–Crippen MR) is 125 cm³/mol. The van der Waals surface area contributed by atoms with Gasteiger partial charge in [-0.3, -0.25) is 9.59 Å². The molecule has 0 saturated carbocycles. The zero-order valence-electron chi connectivity index (χ0n) is 19.5. The Morgan fingerprint density at radius 2 is 1.70 bits per heavy atom. The summed E-state index contributed by atoms with van der Waals surface area (Å²) in [5.41, 5.74) is 2.90. The Hall–Kier alpha value is -3.22. The number of ether oxygens (including phenoxy) is 3. The van der Waals surface area contributed by atoms with Crippen molar-refractivity contribution in [2.45, 2.75) is 39.2 Å². The van der Waals surface area contributed by atoms with Gasteiger partial charge in [0.25, 0.3) is 11.8 Å². The first-order valence-corrected chi connectivity index (χ1v) is 11.7. The van der Waals surface area contributed by atoms with E-state index in [1.165, 1.54) is 12.0 Å². The van der Waals surface area contributed by atoms with Crippen LogP contribution in [0.5, 0.6) is 17.2 Å². The maximum atomic E-state index is 13.2. The van der Waals surface area contributed by atoms with Gasteiger partial charge in [-0.2, -0.15) is 0 Å². The predicted octanol–water partition coefficient (Wildman–Crippen LogP) is 3.68. The second-order valence-electron chi connectivity index (χ2n) is 8.44. The Labute approximate surface area is 195 Å². The summed E-state index contributed by atoms with van der Waals surface area (Å²) in [6.45, 7) is 5.06. The van der Waals surface area contributed by atoms with Crippen LogP contribution in [-0.4, -0.2) is 61.6 Å². The Morgan fingerprint density at radius 1 is 0.879 bits per heavy atom. The molecule has 7 nitrogen and oxygen atoms in total. The molecule has 1 fully saturated rings. The van der Waals surface area contributed by atoms with Gasteiger partial charge in [-0.25, -0.2) is 0 Å². The van der Waals surface area contributed by atoms with Gasteiger partial charge >= 0.3 is 0 Å². The number of carbonyl (C=O) groups excluding carboxylic acids is 2. The molecule has 1 saturated heterocycles. The van der Waals surface area contributed by atoms with Gasteiger partial charge in [-0.05, 0) is 74.1 Å². The van der Waals surface area contributed by atoms with Gasteiger partial charge in [0.05, 0.1) is 13.7 Å². The van der Waals surface area contributed by atoms with E-state index >= 15 is 0 Å². The molecular weight excluding hydrogens is 420 g/mol. The normalized spacial score (nSPS) is 15.6. The zero-order chi connectivity index (χ0) is 23.2.